The Hall–Kier alpha value is -2.99. The van der Waals surface area contributed by atoms with Gasteiger partial charge in [0.25, 0.3) is 5.91 Å². The first-order valence-corrected chi connectivity index (χ1v) is 10.2. The van der Waals surface area contributed by atoms with E-state index in [0.29, 0.717) is 17.3 Å². The zero-order valence-electron chi connectivity index (χ0n) is 16.7. The molecule has 1 amide bonds. The summed E-state index contributed by atoms with van der Waals surface area (Å²) >= 11 is 0. The van der Waals surface area contributed by atoms with Gasteiger partial charge in [0.1, 0.15) is 0 Å². The van der Waals surface area contributed by atoms with Gasteiger partial charge in [-0.2, -0.15) is 0 Å². The van der Waals surface area contributed by atoms with E-state index in [9.17, 15) is 4.79 Å². The molecule has 0 bridgehead atoms. The minimum absolute atomic E-state index is 0.205. The summed E-state index contributed by atoms with van der Waals surface area (Å²) in [5.41, 5.74) is 16.7. The molecule has 1 aromatic carbocycles. The highest BCUT2D eigenvalue weighted by Gasteiger charge is 2.24. The minimum atomic E-state index is -0.319. The first-order chi connectivity index (χ1) is 14.0. The van der Waals surface area contributed by atoms with Crippen LogP contribution in [-0.2, 0) is 6.42 Å². The molecule has 5 N–H and O–H groups in total. The van der Waals surface area contributed by atoms with Crippen LogP contribution >= 0.6 is 0 Å². The molecule has 29 heavy (non-hydrogen) atoms. The van der Waals surface area contributed by atoms with Gasteiger partial charge in [0.15, 0.2) is 5.69 Å². The lowest BCUT2D eigenvalue weighted by atomic mass is 9.81. The van der Waals surface area contributed by atoms with E-state index in [1.165, 1.54) is 5.56 Å². The van der Waals surface area contributed by atoms with Crippen LogP contribution in [0.25, 0.3) is 10.9 Å². The Labute approximate surface area is 170 Å². The number of anilines is 2. The monoisotopic (exact) mass is 389 g/mol. The summed E-state index contributed by atoms with van der Waals surface area (Å²) in [5, 5.41) is 3.91. The van der Waals surface area contributed by atoms with Crippen LogP contribution in [0.2, 0.25) is 0 Å². The molecule has 0 aliphatic heterocycles. The number of fused-ring (bicyclic) bond motifs is 1. The van der Waals surface area contributed by atoms with Crippen LogP contribution in [0.5, 0.6) is 0 Å². The van der Waals surface area contributed by atoms with Gasteiger partial charge in [-0.25, -0.2) is 4.98 Å². The average Bonchev–Trinajstić information content (AvgIpc) is 2.73. The summed E-state index contributed by atoms with van der Waals surface area (Å²) in [6, 6.07) is 10.0. The van der Waals surface area contributed by atoms with Crippen molar-refractivity contribution in [3.8, 4) is 0 Å². The van der Waals surface area contributed by atoms with Gasteiger partial charge in [0, 0.05) is 17.6 Å². The number of carbonyl (C=O) groups excluding carboxylic acids is 1. The Bertz CT molecular complexity index is 1050. The first-order valence-electron chi connectivity index (χ1n) is 10.2. The van der Waals surface area contributed by atoms with Crippen molar-refractivity contribution in [1.82, 2.24) is 9.97 Å². The van der Waals surface area contributed by atoms with E-state index in [-0.39, 0.29) is 17.6 Å². The van der Waals surface area contributed by atoms with Crippen LogP contribution in [0.15, 0.2) is 42.7 Å². The number of aryl methyl sites for hydroxylation is 1. The van der Waals surface area contributed by atoms with Gasteiger partial charge in [-0.15, -0.1) is 0 Å². The fourth-order valence-corrected chi connectivity index (χ4v) is 4.19. The molecule has 1 saturated carbocycles. The van der Waals surface area contributed by atoms with E-state index < -0.39 is 0 Å². The van der Waals surface area contributed by atoms with Gasteiger partial charge in [-0.05, 0) is 60.9 Å². The number of pyridine rings is 2. The number of nitrogens with two attached hydrogens (primary N) is 2. The van der Waals surface area contributed by atoms with Crippen LogP contribution in [0.3, 0.4) is 0 Å². The zero-order chi connectivity index (χ0) is 20.4. The third-order valence-corrected chi connectivity index (χ3v) is 5.79. The summed E-state index contributed by atoms with van der Waals surface area (Å²) in [7, 11) is 0. The van der Waals surface area contributed by atoms with Gasteiger partial charge in [-0.1, -0.05) is 25.5 Å². The number of nitrogens with zero attached hydrogens (tertiary/aromatic N) is 2. The number of nitrogen functional groups attached to an aromatic ring is 1. The normalized spacial score (nSPS) is 19.2. The Kier molecular flexibility index (Phi) is 5.45. The lowest BCUT2D eigenvalue weighted by Gasteiger charge is -2.28. The molecule has 6 heteroatoms. The highest BCUT2D eigenvalue weighted by atomic mass is 16.1. The molecule has 3 aromatic rings. The Morgan fingerprint density at radius 1 is 1.24 bits per heavy atom. The van der Waals surface area contributed by atoms with Crippen molar-refractivity contribution in [2.75, 3.05) is 11.1 Å². The number of amides is 1. The average molecular weight is 390 g/mol. The second kappa shape index (κ2) is 8.17. The van der Waals surface area contributed by atoms with Crippen LogP contribution < -0.4 is 16.8 Å². The summed E-state index contributed by atoms with van der Waals surface area (Å²) < 4.78 is 0. The van der Waals surface area contributed by atoms with E-state index in [1.807, 2.05) is 18.2 Å². The van der Waals surface area contributed by atoms with Gasteiger partial charge < -0.3 is 16.8 Å². The fraction of sp³-hybridized carbons (Fsp3) is 0.348. The fourth-order valence-electron chi connectivity index (χ4n) is 4.19. The van der Waals surface area contributed by atoms with Crippen molar-refractivity contribution in [3.63, 3.8) is 0 Å². The maximum Gasteiger partial charge on any atom is 0.276 e. The molecular weight excluding hydrogens is 362 g/mol. The molecule has 0 spiro atoms. The Balaban J connectivity index is 1.64. The first kappa shape index (κ1) is 19.3. The van der Waals surface area contributed by atoms with Crippen molar-refractivity contribution in [2.45, 2.75) is 51.0 Å². The van der Waals surface area contributed by atoms with E-state index in [1.54, 1.807) is 18.5 Å². The van der Waals surface area contributed by atoms with E-state index in [4.69, 9.17) is 11.5 Å². The molecule has 6 nitrogen and oxygen atoms in total. The minimum Gasteiger partial charge on any atom is -0.397 e. The zero-order valence-corrected chi connectivity index (χ0v) is 16.7. The van der Waals surface area contributed by atoms with Crippen molar-refractivity contribution < 1.29 is 4.79 Å². The highest BCUT2D eigenvalue weighted by Crippen LogP contribution is 2.36. The van der Waals surface area contributed by atoms with Crippen LogP contribution in [0, 0.1) is 0 Å². The molecule has 0 saturated heterocycles. The van der Waals surface area contributed by atoms with Gasteiger partial charge in [-0.3, -0.25) is 9.78 Å². The SMILES string of the molecule is CCc1ccc2cc(N)c(C(=O)Nc3cnccc3C3CCCC(N)C3)nc2c1. The van der Waals surface area contributed by atoms with Crippen molar-refractivity contribution in [3.05, 3.63) is 59.5 Å². The quantitative estimate of drug-likeness (QED) is 0.625. The summed E-state index contributed by atoms with van der Waals surface area (Å²) in [4.78, 5) is 21.8. The molecule has 1 aliphatic carbocycles. The number of benzene rings is 1. The maximum absolute atomic E-state index is 13.0. The van der Waals surface area contributed by atoms with Crippen molar-refractivity contribution >= 4 is 28.2 Å². The van der Waals surface area contributed by atoms with Gasteiger partial charge >= 0.3 is 0 Å². The number of rotatable bonds is 4. The summed E-state index contributed by atoms with van der Waals surface area (Å²) in [6.45, 7) is 2.09. The molecular formula is C23H27N5O. The van der Waals surface area contributed by atoms with E-state index in [2.05, 4.69) is 28.3 Å². The Morgan fingerprint density at radius 2 is 2.10 bits per heavy atom. The molecule has 2 atom stereocenters. The van der Waals surface area contributed by atoms with Gasteiger partial charge in [0.05, 0.1) is 23.1 Å². The highest BCUT2D eigenvalue weighted by molar-refractivity contribution is 6.08. The maximum atomic E-state index is 13.0. The summed E-state index contributed by atoms with van der Waals surface area (Å²) in [6.07, 6.45) is 8.51. The lowest BCUT2D eigenvalue weighted by molar-refractivity contribution is 0.102. The van der Waals surface area contributed by atoms with Crippen molar-refractivity contribution in [2.24, 2.45) is 5.73 Å². The third kappa shape index (κ3) is 4.07. The molecule has 2 unspecified atom stereocenters. The van der Waals surface area contributed by atoms with Crippen LogP contribution in [0.4, 0.5) is 11.4 Å². The number of carbonyl (C=O) groups is 1. The third-order valence-electron chi connectivity index (χ3n) is 5.79. The molecule has 2 aromatic heterocycles. The standard InChI is InChI=1S/C23H27N5O/c1-2-14-6-7-16-12-19(25)22(27-20(16)10-14)23(29)28-21-13-26-9-8-18(21)15-4-3-5-17(24)11-15/h6-10,12-13,15,17H,2-5,11,24-25H2,1H3,(H,28,29). The predicted octanol–water partition coefficient (Wildman–Crippen LogP) is 4.01. The number of hydrogen-bond acceptors (Lipinski definition) is 5. The van der Waals surface area contributed by atoms with Crippen molar-refractivity contribution in [1.29, 1.82) is 0 Å². The predicted molar refractivity (Wildman–Crippen MR) is 117 cm³/mol. The van der Waals surface area contributed by atoms with E-state index >= 15 is 0 Å². The topological polar surface area (TPSA) is 107 Å². The molecule has 1 aliphatic rings. The van der Waals surface area contributed by atoms with Crippen LogP contribution in [0.1, 0.15) is 60.1 Å². The molecule has 4 rings (SSSR count). The lowest BCUT2D eigenvalue weighted by Crippen LogP contribution is -2.27. The molecule has 150 valence electrons. The largest absolute Gasteiger partial charge is 0.397 e. The molecule has 2 heterocycles. The number of nitrogens with one attached hydrogen (secondary N) is 1. The summed E-state index contributed by atoms with van der Waals surface area (Å²) in [5.74, 6) is 0.00623. The second-order valence-electron chi connectivity index (χ2n) is 7.85. The molecule has 0 radical (unpaired) electrons. The van der Waals surface area contributed by atoms with E-state index in [0.717, 1.165) is 48.6 Å². The molecule has 1 fully saturated rings. The smallest absolute Gasteiger partial charge is 0.276 e. The number of hydrogen-bond donors (Lipinski definition) is 3. The second-order valence-corrected chi connectivity index (χ2v) is 7.85. The Morgan fingerprint density at radius 3 is 2.90 bits per heavy atom. The number of aromatic nitrogens is 2. The van der Waals surface area contributed by atoms with Gasteiger partial charge in [0.2, 0.25) is 0 Å². The van der Waals surface area contributed by atoms with Crippen LogP contribution in [-0.4, -0.2) is 21.9 Å².